The standard InChI is InChI=1S/C23H18F3N3O3/c24-15-1-4-17(5-2-15)29-21(30)8-7-20(27-29)23(32)28-11-9-14(10-12-28)22(31)18-13-16(25)3-6-19(18)26/h1-8,13-14H,9-12H2. The van der Waals surface area contributed by atoms with Crippen molar-refractivity contribution in [2.75, 3.05) is 13.1 Å². The largest absolute Gasteiger partial charge is 0.337 e. The van der Waals surface area contributed by atoms with Gasteiger partial charge in [-0.05, 0) is 61.4 Å². The molecule has 1 fully saturated rings. The number of aromatic nitrogens is 2. The van der Waals surface area contributed by atoms with E-state index < -0.39 is 40.6 Å². The van der Waals surface area contributed by atoms with Gasteiger partial charge in [0, 0.05) is 25.1 Å². The monoisotopic (exact) mass is 441 g/mol. The summed E-state index contributed by atoms with van der Waals surface area (Å²) in [5, 5.41) is 4.10. The molecule has 2 aromatic carbocycles. The third kappa shape index (κ3) is 4.32. The van der Waals surface area contributed by atoms with Gasteiger partial charge in [0.05, 0.1) is 11.3 Å². The minimum atomic E-state index is -0.776. The zero-order chi connectivity index (χ0) is 22.8. The number of likely N-dealkylation sites (tertiary alicyclic amines) is 1. The second kappa shape index (κ2) is 8.78. The van der Waals surface area contributed by atoms with Crippen molar-refractivity contribution in [1.29, 1.82) is 0 Å². The molecule has 1 aliphatic rings. The molecule has 2 heterocycles. The van der Waals surface area contributed by atoms with Gasteiger partial charge in [0.15, 0.2) is 5.78 Å². The molecule has 0 radical (unpaired) electrons. The van der Waals surface area contributed by atoms with E-state index in [9.17, 15) is 27.6 Å². The molecule has 32 heavy (non-hydrogen) atoms. The number of rotatable bonds is 4. The average Bonchev–Trinajstić information content (AvgIpc) is 2.81. The predicted molar refractivity (Wildman–Crippen MR) is 109 cm³/mol. The summed E-state index contributed by atoms with van der Waals surface area (Å²) in [5.41, 5.74) is -0.431. The van der Waals surface area contributed by atoms with Crippen LogP contribution in [0.5, 0.6) is 0 Å². The Morgan fingerprint density at radius 1 is 0.875 bits per heavy atom. The number of hydrogen-bond donors (Lipinski definition) is 0. The van der Waals surface area contributed by atoms with Crippen molar-refractivity contribution in [2.45, 2.75) is 12.8 Å². The summed E-state index contributed by atoms with van der Waals surface area (Å²) >= 11 is 0. The molecule has 164 valence electrons. The van der Waals surface area contributed by atoms with Crippen LogP contribution in [0.4, 0.5) is 13.2 Å². The van der Waals surface area contributed by atoms with E-state index in [1.165, 1.54) is 41.3 Å². The smallest absolute Gasteiger partial charge is 0.274 e. The van der Waals surface area contributed by atoms with E-state index in [0.717, 1.165) is 22.9 Å². The van der Waals surface area contributed by atoms with Crippen LogP contribution in [0.3, 0.4) is 0 Å². The number of hydrogen-bond acceptors (Lipinski definition) is 4. The summed E-state index contributed by atoms with van der Waals surface area (Å²) in [7, 11) is 0. The molecule has 3 aromatic rings. The third-order valence-corrected chi connectivity index (χ3v) is 5.44. The summed E-state index contributed by atoms with van der Waals surface area (Å²) in [4.78, 5) is 39.1. The number of nitrogens with zero attached hydrogens (tertiary/aromatic N) is 3. The van der Waals surface area contributed by atoms with E-state index in [1.54, 1.807) is 0 Å². The molecule has 9 heteroatoms. The fraction of sp³-hybridized carbons (Fsp3) is 0.217. The van der Waals surface area contributed by atoms with Crippen molar-refractivity contribution < 1.29 is 22.8 Å². The Morgan fingerprint density at radius 3 is 2.22 bits per heavy atom. The Kier molecular flexibility index (Phi) is 5.89. The molecule has 0 bridgehead atoms. The first kappa shape index (κ1) is 21.5. The molecule has 0 aliphatic carbocycles. The highest BCUT2D eigenvalue weighted by molar-refractivity contribution is 5.98. The molecule has 1 aliphatic heterocycles. The predicted octanol–water partition coefficient (Wildman–Crippen LogP) is 3.38. The number of piperidine rings is 1. The Hall–Kier alpha value is -3.75. The molecule has 0 unspecified atom stereocenters. The lowest BCUT2D eigenvalue weighted by Crippen LogP contribution is -2.41. The molecule has 4 rings (SSSR count). The quantitative estimate of drug-likeness (QED) is 0.582. The molecular formula is C23H18F3N3O3. The molecule has 1 amide bonds. The lowest BCUT2D eigenvalue weighted by atomic mass is 9.88. The maximum absolute atomic E-state index is 13.9. The summed E-state index contributed by atoms with van der Waals surface area (Å²) < 4.78 is 41.5. The molecular weight excluding hydrogens is 423 g/mol. The van der Waals surface area contributed by atoms with Gasteiger partial charge in [-0.2, -0.15) is 9.78 Å². The van der Waals surface area contributed by atoms with E-state index >= 15 is 0 Å². The minimum Gasteiger partial charge on any atom is -0.337 e. The molecule has 0 saturated carbocycles. The van der Waals surface area contributed by atoms with Crippen LogP contribution < -0.4 is 5.56 Å². The first-order chi connectivity index (χ1) is 15.3. The topological polar surface area (TPSA) is 72.3 Å². The van der Waals surface area contributed by atoms with Gasteiger partial charge in [-0.1, -0.05) is 0 Å². The van der Waals surface area contributed by atoms with Crippen LogP contribution in [0.25, 0.3) is 5.69 Å². The lowest BCUT2D eigenvalue weighted by molar-refractivity contribution is 0.0642. The zero-order valence-corrected chi connectivity index (χ0v) is 16.8. The van der Waals surface area contributed by atoms with E-state index in [-0.39, 0.29) is 37.2 Å². The second-order valence-electron chi connectivity index (χ2n) is 7.50. The number of benzene rings is 2. The Balaban J connectivity index is 1.47. The van der Waals surface area contributed by atoms with E-state index in [0.29, 0.717) is 5.69 Å². The summed E-state index contributed by atoms with van der Waals surface area (Å²) in [6.07, 6.45) is 0.580. The highest BCUT2D eigenvalue weighted by atomic mass is 19.1. The molecule has 1 saturated heterocycles. The zero-order valence-electron chi connectivity index (χ0n) is 16.8. The van der Waals surface area contributed by atoms with Crippen molar-refractivity contribution in [1.82, 2.24) is 14.7 Å². The van der Waals surface area contributed by atoms with Gasteiger partial charge in [0.2, 0.25) is 0 Å². The summed E-state index contributed by atoms with van der Waals surface area (Å²) in [6, 6.07) is 10.4. The SMILES string of the molecule is O=C(c1cc(F)ccc1F)C1CCN(C(=O)c2ccc(=O)n(-c3ccc(F)cc3)n2)CC1. The molecule has 0 spiro atoms. The van der Waals surface area contributed by atoms with Crippen molar-refractivity contribution in [3.63, 3.8) is 0 Å². The maximum Gasteiger partial charge on any atom is 0.274 e. The summed E-state index contributed by atoms with van der Waals surface area (Å²) in [5.74, 6) is -3.38. The Bertz CT molecular complexity index is 1230. The van der Waals surface area contributed by atoms with Crippen LogP contribution in [0, 0.1) is 23.4 Å². The lowest BCUT2D eigenvalue weighted by Gasteiger charge is -2.31. The molecule has 6 nitrogen and oxygen atoms in total. The number of Topliss-reactive ketones (excluding diaryl/α,β-unsaturated/α-hetero) is 1. The second-order valence-corrected chi connectivity index (χ2v) is 7.50. The number of carbonyl (C=O) groups excluding carboxylic acids is 2. The third-order valence-electron chi connectivity index (χ3n) is 5.44. The first-order valence-electron chi connectivity index (χ1n) is 9.98. The normalized spacial score (nSPS) is 14.4. The van der Waals surface area contributed by atoms with Crippen molar-refractivity contribution in [2.24, 2.45) is 5.92 Å². The van der Waals surface area contributed by atoms with E-state index in [4.69, 9.17) is 0 Å². The van der Waals surface area contributed by atoms with Gasteiger partial charge in [-0.25, -0.2) is 13.2 Å². The number of ketones is 1. The molecule has 0 N–H and O–H groups in total. The summed E-state index contributed by atoms with van der Waals surface area (Å²) in [6.45, 7) is 0.451. The van der Waals surface area contributed by atoms with Gasteiger partial charge in [-0.3, -0.25) is 14.4 Å². The van der Waals surface area contributed by atoms with Crippen LogP contribution in [0.1, 0.15) is 33.7 Å². The van der Waals surface area contributed by atoms with Crippen LogP contribution >= 0.6 is 0 Å². The van der Waals surface area contributed by atoms with Crippen molar-refractivity contribution in [3.05, 3.63) is 93.7 Å². The van der Waals surface area contributed by atoms with Gasteiger partial charge in [0.25, 0.3) is 11.5 Å². The average molecular weight is 441 g/mol. The van der Waals surface area contributed by atoms with Crippen LogP contribution in [0.2, 0.25) is 0 Å². The van der Waals surface area contributed by atoms with Crippen LogP contribution in [-0.2, 0) is 0 Å². The fourth-order valence-corrected chi connectivity index (χ4v) is 3.71. The van der Waals surface area contributed by atoms with Gasteiger partial charge in [-0.15, -0.1) is 0 Å². The van der Waals surface area contributed by atoms with Crippen LogP contribution in [0.15, 0.2) is 59.4 Å². The number of halogens is 3. The highest BCUT2D eigenvalue weighted by Gasteiger charge is 2.30. The molecule has 1 aromatic heterocycles. The fourth-order valence-electron chi connectivity index (χ4n) is 3.71. The van der Waals surface area contributed by atoms with Gasteiger partial charge >= 0.3 is 0 Å². The van der Waals surface area contributed by atoms with Crippen molar-refractivity contribution in [3.8, 4) is 5.69 Å². The van der Waals surface area contributed by atoms with Crippen molar-refractivity contribution >= 4 is 11.7 Å². The Labute approximate surface area is 180 Å². The highest BCUT2D eigenvalue weighted by Crippen LogP contribution is 2.24. The minimum absolute atomic E-state index is 0.0230. The molecule has 0 atom stereocenters. The Morgan fingerprint density at radius 2 is 1.53 bits per heavy atom. The number of amides is 1. The van der Waals surface area contributed by atoms with E-state index in [2.05, 4.69) is 5.10 Å². The first-order valence-corrected chi connectivity index (χ1v) is 9.98. The van der Waals surface area contributed by atoms with E-state index in [1.807, 2.05) is 0 Å². The maximum atomic E-state index is 13.9. The van der Waals surface area contributed by atoms with Gasteiger partial charge in [0.1, 0.15) is 23.1 Å². The number of carbonyl (C=O) groups is 2. The van der Waals surface area contributed by atoms with Crippen LogP contribution in [-0.4, -0.2) is 39.5 Å². The van der Waals surface area contributed by atoms with Gasteiger partial charge < -0.3 is 4.90 Å².